The fourth-order valence-corrected chi connectivity index (χ4v) is 2.50. The molecule has 1 aliphatic heterocycles. The zero-order valence-corrected chi connectivity index (χ0v) is 10.7. The third-order valence-electron chi connectivity index (χ3n) is 3.65. The highest BCUT2D eigenvalue weighted by Gasteiger charge is 2.58. The summed E-state index contributed by atoms with van der Waals surface area (Å²) in [5.74, 6) is 4.35. The minimum atomic E-state index is -0.434. The summed E-state index contributed by atoms with van der Waals surface area (Å²) in [7, 11) is 0. The smallest absolute Gasteiger partial charge is 0.233 e. The van der Waals surface area contributed by atoms with Crippen LogP contribution in [0.3, 0.4) is 0 Å². The monoisotopic (exact) mass is 272 g/mol. The summed E-state index contributed by atoms with van der Waals surface area (Å²) >= 11 is 0. The molecule has 5 heteroatoms. The quantitative estimate of drug-likeness (QED) is 0.635. The van der Waals surface area contributed by atoms with Crippen LogP contribution < -0.4 is 5.73 Å². The number of carbonyl (C=O) groups excluding carboxylic acids is 2. The standard InChI is InChI=1S/C15H13FN2O2/c16-13-4-3-9(6-10(13)2-1-5-17)8-18-14(19)11-7-12(11)15(18)20/h3-4,6,11-12H,5,7-8,17H2. The van der Waals surface area contributed by atoms with Crippen molar-refractivity contribution in [1.29, 1.82) is 0 Å². The molecule has 102 valence electrons. The van der Waals surface area contributed by atoms with Crippen molar-refractivity contribution < 1.29 is 14.0 Å². The maximum Gasteiger partial charge on any atom is 0.233 e. The van der Waals surface area contributed by atoms with Crippen molar-refractivity contribution in [2.75, 3.05) is 6.54 Å². The third-order valence-corrected chi connectivity index (χ3v) is 3.65. The van der Waals surface area contributed by atoms with Crippen molar-refractivity contribution in [2.45, 2.75) is 13.0 Å². The molecule has 1 aromatic carbocycles. The first-order valence-corrected chi connectivity index (χ1v) is 6.44. The first kappa shape index (κ1) is 12.8. The number of hydrogen-bond acceptors (Lipinski definition) is 3. The van der Waals surface area contributed by atoms with Crippen molar-refractivity contribution in [3.63, 3.8) is 0 Å². The van der Waals surface area contributed by atoms with E-state index in [4.69, 9.17) is 5.73 Å². The normalized spacial score (nSPS) is 23.4. The summed E-state index contributed by atoms with van der Waals surface area (Å²) in [4.78, 5) is 25.0. The van der Waals surface area contributed by atoms with E-state index in [0.29, 0.717) is 12.0 Å². The van der Waals surface area contributed by atoms with E-state index in [9.17, 15) is 14.0 Å². The number of piperidine rings is 1. The van der Waals surface area contributed by atoms with Gasteiger partial charge in [0.25, 0.3) is 0 Å². The molecule has 1 saturated heterocycles. The van der Waals surface area contributed by atoms with Crippen LogP contribution in [-0.2, 0) is 16.1 Å². The van der Waals surface area contributed by atoms with E-state index in [-0.39, 0.29) is 42.3 Å². The Morgan fingerprint density at radius 2 is 2.00 bits per heavy atom. The van der Waals surface area contributed by atoms with Crippen LogP contribution >= 0.6 is 0 Å². The molecule has 2 aliphatic rings. The van der Waals surface area contributed by atoms with Crippen LogP contribution in [0.2, 0.25) is 0 Å². The van der Waals surface area contributed by atoms with Crippen LogP contribution in [0.4, 0.5) is 4.39 Å². The summed E-state index contributed by atoms with van der Waals surface area (Å²) in [5.41, 5.74) is 6.18. The largest absolute Gasteiger partial charge is 0.320 e. The number of amides is 2. The van der Waals surface area contributed by atoms with Gasteiger partial charge in [-0.15, -0.1) is 0 Å². The summed E-state index contributed by atoms with van der Waals surface area (Å²) in [6, 6.07) is 4.41. The van der Waals surface area contributed by atoms with Gasteiger partial charge in [0.15, 0.2) is 0 Å². The minimum Gasteiger partial charge on any atom is -0.320 e. The van der Waals surface area contributed by atoms with Crippen LogP contribution in [0.15, 0.2) is 18.2 Å². The topological polar surface area (TPSA) is 63.4 Å². The Hall–Kier alpha value is -2.19. The Balaban J connectivity index is 1.81. The van der Waals surface area contributed by atoms with Crippen molar-refractivity contribution in [2.24, 2.45) is 17.6 Å². The van der Waals surface area contributed by atoms with Crippen LogP contribution in [0.1, 0.15) is 17.5 Å². The SMILES string of the molecule is NCC#Cc1cc(CN2C(=O)C3CC3C2=O)ccc1F. The number of nitrogens with two attached hydrogens (primary N) is 1. The number of rotatable bonds is 2. The molecular weight excluding hydrogens is 259 g/mol. The summed E-state index contributed by atoms with van der Waals surface area (Å²) in [5, 5.41) is 0. The summed E-state index contributed by atoms with van der Waals surface area (Å²) in [6.45, 7) is 0.332. The van der Waals surface area contributed by atoms with Crippen molar-refractivity contribution in [1.82, 2.24) is 4.90 Å². The average molecular weight is 272 g/mol. The molecule has 2 N–H and O–H groups in total. The van der Waals surface area contributed by atoms with Crippen molar-refractivity contribution >= 4 is 11.8 Å². The third kappa shape index (κ3) is 2.08. The molecule has 2 atom stereocenters. The molecule has 20 heavy (non-hydrogen) atoms. The second-order valence-corrected chi connectivity index (χ2v) is 5.03. The molecule has 1 aromatic rings. The van der Waals surface area contributed by atoms with Crippen LogP contribution in [0, 0.1) is 29.5 Å². The molecule has 0 radical (unpaired) electrons. The lowest BCUT2D eigenvalue weighted by molar-refractivity contribution is -0.142. The number of benzene rings is 1. The average Bonchev–Trinajstić information content (AvgIpc) is 3.19. The Morgan fingerprint density at radius 3 is 2.65 bits per heavy atom. The molecule has 1 heterocycles. The number of halogens is 1. The molecule has 1 saturated carbocycles. The van der Waals surface area contributed by atoms with Crippen LogP contribution in [0.5, 0.6) is 0 Å². The van der Waals surface area contributed by atoms with Gasteiger partial charge in [-0.1, -0.05) is 17.9 Å². The molecular formula is C15H13FN2O2. The van der Waals surface area contributed by atoms with Crippen LogP contribution in [-0.4, -0.2) is 23.3 Å². The van der Waals surface area contributed by atoms with Gasteiger partial charge < -0.3 is 5.73 Å². The van der Waals surface area contributed by atoms with Gasteiger partial charge >= 0.3 is 0 Å². The van der Waals surface area contributed by atoms with Gasteiger partial charge in [-0.3, -0.25) is 14.5 Å². The number of imide groups is 1. The Labute approximate surface area is 115 Å². The Bertz CT molecular complexity index is 640. The highest BCUT2D eigenvalue weighted by molar-refractivity contribution is 6.08. The van der Waals surface area contributed by atoms with Gasteiger partial charge in [-0.05, 0) is 24.1 Å². The summed E-state index contributed by atoms with van der Waals surface area (Å²) < 4.78 is 13.5. The number of hydrogen-bond donors (Lipinski definition) is 1. The van der Waals surface area contributed by atoms with E-state index >= 15 is 0 Å². The maximum absolute atomic E-state index is 13.5. The Morgan fingerprint density at radius 1 is 1.30 bits per heavy atom. The zero-order chi connectivity index (χ0) is 14.3. The fraction of sp³-hybridized carbons (Fsp3) is 0.333. The van der Waals surface area contributed by atoms with Gasteiger partial charge in [-0.25, -0.2) is 4.39 Å². The number of nitrogens with zero attached hydrogens (tertiary/aromatic N) is 1. The van der Waals surface area contributed by atoms with Crippen LogP contribution in [0.25, 0.3) is 0 Å². The lowest BCUT2D eigenvalue weighted by atomic mass is 10.1. The van der Waals surface area contributed by atoms with Gasteiger partial charge in [0.2, 0.25) is 11.8 Å². The molecule has 2 unspecified atom stereocenters. The predicted octanol–water partition coefficient (Wildman–Crippen LogP) is 0.641. The highest BCUT2D eigenvalue weighted by Crippen LogP contribution is 2.47. The first-order chi connectivity index (χ1) is 9.61. The molecule has 1 aliphatic carbocycles. The zero-order valence-electron chi connectivity index (χ0n) is 10.7. The molecule has 0 spiro atoms. The van der Waals surface area contributed by atoms with E-state index in [2.05, 4.69) is 11.8 Å². The number of likely N-dealkylation sites (tertiary alicyclic amines) is 1. The molecule has 2 amide bonds. The van der Waals surface area contributed by atoms with E-state index in [1.807, 2.05) is 0 Å². The second-order valence-electron chi connectivity index (χ2n) is 5.03. The molecule has 0 bridgehead atoms. The lowest BCUT2D eigenvalue weighted by Gasteiger charge is -2.16. The first-order valence-electron chi connectivity index (χ1n) is 6.44. The number of carbonyl (C=O) groups is 2. The van der Waals surface area contributed by atoms with Gasteiger partial charge in [0, 0.05) is 0 Å². The van der Waals surface area contributed by atoms with Crippen molar-refractivity contribution in [3.8, 4) is 11.8 Å². The molecule has 0 aromatic heterocycles. The molecule has 3 rings (SSSR count). The minimum absolute atomic E-state index is 0.112. The van der Waals surface area contributed by atoms with E-state index in [0.717, 1.165) is 0 Å². The molecule has 4 nitrogen and oxygen atoms in total. The fourth-order valence-electron chi connectivity index (χ4n) is 2.50. The highest BCUT2D eigenvalue weighted by atomic mass is 19.1. The van der Waals surface area contributed by atoms with Gasteiger partial charge in [0.05, 0.1) is 30.5 Å². The van der Waals surface area contributed by atoms with E-state index in [1.165, 1.54) is 11.0 Å². The van der Waals surface area contributed by atoms with Gasteiger partial charge in [-0.2, -0.15) is 0 Å². The molecule has 2 fully saturated rings. The van der Waals surface area contributed by atoms with Gasteiger partial charge in [0.1, 0.15) is 5.82 Å². The lowest BCUT2D eigenvalue weighted by Crippen LogP contribution is -2.32. The van der Waals surface area contributed by atoms with E-state index < -0.39 is 5.82 Å². The number of fused-ring (bicyclic) bond motifs is 1. The van der Waals surface area contributed by atoms with E-state index in [1.54, 1.807) is 12.1 Å². The Kier molecular flexibility index (Phi) is 3.03. The predicted molar refractivity (Wildman–Crippen MR) is 69.5 cm³/mol. The summed E-state index contributed by atoms with van der Waals surface area (Å²) in [6.07, 6.45) is 0.685. The van der Waals surface area contributed by atoms with Crippen molar-refractivity contribution in [3.05, 3.63) is 35.1 Å². The maximum atomic E-state index is 13.5. The second kappa shape index (κ2) is 4.73.